The average Bonchev–Trinajstić information content (AvgIpc) is 3.09. The second-order valence-corrected chi connectivity index (χ2v) is 5.55. The molecular weight excluding hydrogens is 333 g/mol. The lowest BCUT2D eigenvalue weighted by Crippen LogP contribution is -2.01. The Labute approximate surface area is 149 Å². The Morgan fingerprint density at radius 1 is 1.08 bits per heavy atom. The number of fused-ring (bicyclic) bond motifs is 1. The lowest BCUT2D eigenvalue weighted by atomic mass is 10.2. The van der Waals surface area contributed by atoms with Crippen LogP contribution < -0.4 is 10.1 Å². The molecule has 0 aliphatic heterocycles. The van der Waals surface area contributed by atoms with E-state index in [2.05, 4.69) is 20.4 Å². The fraction of sp³-hybridized carbons (Fsp3) is 0.105. The van der Waals surface area contributed by atoms with Crippen LogP contribution in [0.2, 0.25) is 0 Å². The van der Waals surface area contributed by atoms with Crippen molar-refractivity contribution in [1.82, 2.24) is 19.7 Å². The van der Waals surface area contributed by atoms with E-state index in [1.54, 1.807) is 23.0 Å². The molecule has 2 aromatic heterocycles. The average molecular weight is 349 g/mol. The Bertz CT molecular complexity index is 1050. The minimum absolute atomic E-state index is 0.297. The van der Waals surface area contributed by atoms with Gasteiger partial charge >= 0.3 is 0 Å². The number of halogens is 1. The van der Waals surface area contributed by atoms with E-state index in [4.69, 9.17) is 4.74 Å². The van der Waals surface area contributed by atoms with E-state index in [0.717, 1.165) is 22.5 Å². The van der Waals surface area contributed by atoms with Gasteiger partial charge in [-0.15, -0.1) is 0 Å². The van der Waals surface area contributed by atoms with E-state index in [0.29, 0.717) is 18.1 Å². The van der Waals surface area contributed by atoms with Crippen LogP contribution in [0.15, 0.2) is 61.1 Å². The van der Waals surface area contributed by atoms with Gasteiger partial charge in [-0.2, -0.15) is 5.10 Å². The van der Waals surface area contributed by atoms with Crippen molar-refractivity contribution in [2.75, 3.05) is 11.9 Å². The highest BCUT2D eigenvalue weighted by Gasteiger charge is 2.13. The molecular formula is C19H16FN5O. The Morgan fingerprint density at radius 2 is 1.88 bits per heavy atom. The second-order valence-electron chi connectivity index (χ2n) is 5.55. The quantitative estimate of drug-likeness (QED) is 0.588. The highest BCUT2D eigenvalue weighted by molar-refractivity contribution is 5.89. The minimum Gasteiger partial charge on any atom is -0.492 e. The normalized spacial score (nSPS) is 10.8. The molecule has 0 aliphatic rings. The first-order valence-electron chi connectivity index (χ1n) is 8.20. The molecule has 4 rings (SSSR count). The first-order chi connectivity index (χ1) is 12.8. The summed E-state index contributed by atoms with van der Waals surface area (Å²) in [6, 6.07) is 13.7. The summed E-state index contributed by atoms with van der Waals surface area (Å²) in [5, 5.41) is 8.41. The SMILES string of the molecule is CCOc1ccccc1Nc1ncnc2c1cnn2-c1ccc(F)cc1. The molecule has 0 saturated heterocycles. The van der Waals surface area contributed by atoms with Gasteiger partial charge in [-0.05, 0) is 43.3 Å². The van der Waals surface area contributed by atoms with Crippen LogP contribution in [0.3, 0.4) is 0 Å². The molecule has 0 aliphatic carbocycles. The predicted molar refractivity (Wildman–Crippen MR) is 97.5 cm³/mol. The van der Waals surface area contributed by atoms with Gasteiger partial charge in [0.15, 0.2) is 5.65 Å². The summed E-state index contributed by atoms with van der Waals surface area (Å²) in [5.74, 6) is 1.07. The third-order valence-electron chi connectivity index (χ3n) is 3.88. The number of para-hydroxylation sites is 2. The largest absolute Gasteiger partial charge is 0.492 e. The maximum absolute atomic E-state index is 13.2. The fourth-order valence-corrected chi connectivity index (χ4v) is 2.69. The van der Waals surface area contributed by atoms with Crippen molar-refractivity contribution in [2.24, 2.45) is 0 Å². The number of anilines is 2. The van der Waals surface area contributed by atoms with Crippen LogP contribution >= 0.6 is 0 Å². The maximum atomic E-state index is 13.2. The highest BCUT2D eigenvalue weighted by Crippen LogP contribution is 2.30. The number of hydrogen-bond donors (Lipinski definition) is 1. The van der Waals surface area contributed by atoms with Crippen molar-refractivity contribution in [3.63, 3.8) is 0 Å². The molecule has 1 N–H and O–H groups in total. The smallest absolute Gasteiger partial charge is 0.168 e. The van der Waals surface area contributed by atoms with Gasteiger partial charge in [-0.25, -0.2) is 19.0 Å². The minimum atomic E-state index is -0.297. The van der Waals surface area contributed by atoms with Crippen molar-refractivity contribution in [2.45, 2.75) is 6.92 Å². The summed E-state index contributed by atoms with van der Waals surface area (Å²) < 4.78 is 20.5. The third kappa shape index (κ3) is 2.95. The molecule has 26 heavy (non-hydrogen) atoms. The molecule has 0 fully saturated rings. The van der Waals surface area contributed by atoms with Crippen LogP contribution in [0.1, 0.15) is 6.92 Å². The van der Waals surface area contributed by atoms with Crippen LogP contribution in [0.4, 0.5) is 15.9 Å². The number of hydrogen-bond acceptors (Lipinski definition) is 5. The van der Waals surface area contributed by atoms with Crippen LogP contribution in [0.5, 0.6) is 5.75 Å². The van der Waals surface area contributed by atoms with E-state index in [9.17, 15) is 4.39 Å². The summed E-state index contributed by atoms with van der Waals surface area (Å²) >= 11 is 0. The lowest BCUT2D eigenvalue weighted by molar-refractivity contribution is 0.342. The molecule has 4 aromatic rings. The Balaban J connectivity index is 1.75. The van der Waals surface area contributed by atoms with E-state index in [1.165, 1.54) is 18.5 Å². The van der Waals surface area contributed by atoms with Crippen LogP contribution in [0.25, 0.3) is 16.7 Å². The first kappa shape index (κ1) is 16.0. The fourth-order valence-electron chi connectivity index (χ4n) is 2.69. The standard InChI is InChI=1S/C19H16FN5O/c1-2-26-17-6-4-3-5-16(17)24-18-15-11-23-25(19(15)22-12-21-18)14-9-7-13(20)8-10-14/h3-12H,2H2,1H3,(H,21,22,24). The summed E-state index contributed by atoms with van der Waals surface area (Å²) in [5.41, 5.74) is 2.16. The van der Waals surface area contributed by atoms with Gasteiger partial charge in [0.05, 0.1) is 29.6 Å². The zero-order valence-electron chi connectivity index (χ0n) is 14.1. The lowest BCUT2D eigenvalue weighted by Gasteiger charge is -2.12. The second kappa shape index (κ2) is 6.79. The number of benzene rings is 2. The molecule has 0 atom stereocenters. The third-order valence-corrected chi connectivity index (χ3v) is 3.88. The molecule has 0 radical (unpaired) electrons. The van der Waals surface area contributed by atoms with E-state index < -0.39 is 0 Å². The number of nitrogens with one attached hydrogen (secondary N) is 1. The topological polar surface area (TPSA) is 64.9 Å². The summed E-state index contributed by atoms with van der Waals surface area (Å²) in [7, 11) is 0. The van der Waals surface area contributed by atoms with Crippen molar-refractivity contribution in [3.05, 3.63) is 66.9 Å². The molecule has 2 heterocycles. The summed E-state index contributed by atoms with van der Waals surface area (Å²) in [4.78, 5) is 8.66. The number of ether oxygens (including phenoxy) is 1. The van der Waals surface area contributed by atoms with Gasteiger partial charge in [-0.1, -0.05) is 12.1 Å². The Hall–Kier alpha value is -3.48. The molecule has 130 valence electrons. The Kier molecular flexibility index (Phi) is 4.18. The monoisotopic (exact) mass is 349 g/mol. The molecule has 0 bridgehead atoms. The van der Waals surface area contributed by atoms with Crippen LogP contribution in [-0.4, -0.2) is 26.4 Å². The number of rotatable bonds is 5. The number of aromatic nitrogens is 4. The van der Waals surface area contributed by atoms with E-state index in [1.807, 2.05) is 31.2 Å². The summed E-state index contributed by atoms with van der Waals surface area (Å²) in [6.07, 6.45) is 3.15. The molecule has 7 heteroatoms. The molecule has 0 amide bonds. The maximum Gasteiger partial charge on any atom is 0.168 e. The Morgan fingerprint density at radius 3 is 2.69 bits per heavy atom. The van der Waals surface area contributed by atoms with Crippen LogP contribution in [0, 0.1) is 5.82 Å². The van der Waals surface area contributed by atoms with E-state index in [-0.39, 0.29) is 5.82 Å². The first-order valence-corrected chi connectivity index (χ1v) is 8.20. The van der Waals surface area contributed by atoms with E-state index >= 15 is 0 Å². The van der Waals surface area contributed by atoms with Crippen molar-refractivity contribution >= 4 is 22.5 Å². The number of nitrogens with zero attached hydrogens (tertiary/aromatic N) is 4. The zero-order valence-corrected chi connectivity index (χ0v) is 14.1. The van der Waals surface area contributed by atoms with Gasteiger partial charge in [-0.3, -0.25) is 0 Å². The molecule has 0 saturated carbocycles. The van der Waals surface area contributed by atoms with Crippen molar-refractivity contribution < 1.29 is 9.13 Å². The molecule has 6 nitrogen and oxygen atoms in total. The predicted octanol–water partition coefficient (Wildman–Crippen LogP) is 4.10. The van der Waals surface area contributed by atoms with Gasteiger partial charge in [0, 0.05) is 0 Å². The molecule has 2 aromatic carbocycles. The van der Waals surface area contributed by atoms with Gasteiger partial charge in [0.1, 0.15) is 23.7 Å². The molecule has 0 unspecified atom stereocenters. The highest BCUT2D eigenvalue weighted by atomic mass is 19.1. The molecule has 0 spiro atoms. The van der Waals surface area contributed by atoms with Crippen LogP contribution in [-0.2, 0) is 0 Å². The van der Waals surface area contributed by atoms with Gasteiger partial charge in [0.25, 0.3) is 0 Å². The zero-order chi connectivity index (χ0) is 17.9. The van der Waals surface area contributed by atoms with Crippen molar-refractivity contribution in [3.8, 4) is 11.4 Å². The summed E-state index contributed by atoms with van der Waals surface area (Å²) in [6.45, 7) is 2.51. The van der Waals surface area contributed by atoms with Gasteiger partial charge < -0.3 is 10.1 Å². The van der Waals surface area contributed by atoms with Gasteiger partial charge in [0.2, 0.25) is 0 Å². The van der Waals surface area contributed by atoms with Crippen molar-refractivity contribution in [1.29, 1.82) is 0 Å².